The molecule has 0 fully saturated rings. The average Bonchev–Trinajstić information content (AvgIpc) is 2.39. The van der Waals surface area contributed by atoms with Gasteiger partial charge in [-0.25, -0.2) is 4.39 Å². The van der Waals surface area contributed by atoms with Gasteiger partial charge in [-0.2, -0.15) is 0 Å². The van der Waals surface area contributed by atoms with E-state index >= 15 is 0 Å². The smallest absolute Gasteiger partial charge is 0.126 e. The van der Waals surface area contributed by atoms with Gasteiger partial charge in [0, 0.05) is 17.6 Å². The van der Waals surface area contributed by atoms with Gasteiger partial charge in [-0.15, -0.1) is 0 Å². The van der Waals surface area contributed by atoms with Gasteiger partial charge in [0.25, 0.3) is 0 Å². The zero-order valence-electron chi connectivity index (χ0n) is 10.9. The molecule has 0 saturated carbocycles. The van der Waals surface area contributed by atoms with Crippen LogP contribution in [-0.4, -0.2) is 6.04 Å². The average molecular weight is 278 g/mol. The topological polar surface area (TPSA) is 12.0 Å². The van der Waals surface area contributed by atoms with Crippen LogP contribution in [0.4, 0.5) is 4.39 Å². The molecule has 2 aromatic carbocycles. The Morgan fingerprint density at radius 1 is 1.16 bits per heavy atom. The molecule has 0 amide bonds. The minimum Gasteiger partial charge on any atom is -0.310 e. The van der Waals surface area contributed by atoms with Crippen molar-refractivity contribution in [3.8, 4) is 0 Å². The highest BCUT2D eigenvalue weighted by Gasteiger charge is 2.07. The molecule has 0 heterocycles. The van der Waals surface area contributed by atoms with Crippen LogP contribution in [0.1, 0.15) is 18.1 Å². The van der Waals surface area contributed by atoms with E-state index in [1.165, 1.54) is 6.07 Å². The Kier molecular flexibility index (Phi) is 4.94. The molecule has 3 heteroatoms. The van der Waals surface area contributed by atoms with E-state index in [1.54, 1.807) is 6.07 Å². The molecule has 100 valence electrons. The van der Waals surface area contributed by atoms with Gasteiger partial charge < -0.3 is 5.32 Å². The number of rotatable bonds is 5. The second-order valence-corrected chi connectivity index (χ2v) is 5.14. The zero-order valence-corrected chi connectivity index (χ0v) is 11.6. The third-order valence-corrected chi connectivity index (χ3v) is 3.26. The van der Waals surface area contributed by atoms with E-state index in [1.807, 2.05) is 36.4 Å². The molecule has 1 nitrogen and oxygen atoms in total. The number of benzene rings is 2. The van der Waals surface area contributed by atoms with Crippen LogP contribution in [0, 0.1) is 5.82 Å². The van der Waals surface area contributed by atoms with Crippen molar-refractivity contribution in [2.45, 2.75) is 25.9 Å². The molecule has 2 rings (SSSR count). The van der Waals surface area contributed by atoms with E-state index < -0.39 is 0 Å². The fraction of sp³-hybridized carbons (Fsp3) is 0.250. The molecule has 0 aromatic heterocycles. The SMILES string of the molecule is CC(Cc1ccccc1F)NCc1cccc(Cl)c1. The summed E-state index contributed by atoms with van der Waals surface area (Å²) in [6.07, 6.45) is 0.674. The lowest BCUT2D eigenvalue weighted by Gasteiger charge is -2.14. The lowest BCUT2D eigenvalue weighted by atomic mass is 10.1. The normalized spacial score (nSPS) is 12.4. The van der Waals surface area contributed by atoms with Crippen LogP contribution >= 0.6 is 11.6 Å². The van der Waals surface area contributed by atoms with E-state index in [2.05, 4.69) is 12.2 Å². The number of nitrogens with one attached hydrogen (secondary N) is 1. The van der Waals surface area contributed by atoms with Gasteiger partial charge >= 0.3 is 0 Å². The molecular weight excluding hydrogens is 261 g/mol. The summed E-state index contributed by atoms with van der Waals surface area (Å²) >= 11 is 5.93. The Morgan fingerprint density at radius 3 is 2.68 bits per heavy atom. The molecule has 1 unspecified atom stereocenters. The molecule has 0 bridgehead atoms. The predicted octanol–water partition coefficient (Wildman–Crippen LogP) is 4.20. The van der Waals surface area contributed by atoms with Gasteiger partial charge in [-0.05, 0) is 42.7 Å². The van der Waals surface area contributed by atoms with Crippen LogP contribution in [0.5, 0.6) is 0 Å². The minimum absolute atomic E-state index is 0.140. The summed E-state index contributed by atoms with van der Waals surface area (Å²) in [5.74, 6) is -0.140. The second-order valence-electron chi connectivity index (χ2n) is 4.71. The number of hydrogen-bond donors (Lipinski definition) is 1. The highest BCUT2D eigenvalue weighted by molar-refractivity contribution is 6.30. The van der Waals surface area contributed by atoms with Crippen molar-refractivity contribution in [3.63, 3.8) is 0 Å². The van der Waals surface area contributed by atoms with E-state index in [4.69, 9.17) is 11.6 Å². The molecule has 0 aliphatic carbocycles. The molecule has 0 radical (unpaired) electrons. The molecule has 0 aliphatic heterocycles. The Hall–Kier alpha value is -1.38. The first-order valence-electron chi connectivity index (χ1n) is 6.36. The van der Waals surface area contributed by atoms with Gasteiger partial charge in [-0.3, -0.25) is 0 Å². The van der Waals surface area contributed by atoms with Crippen molar-refractivity contribution >= 4 is 11.6 Å². The molecular formula is C16H17ClFN. The summed E-state index contributed by atoms with van der Waals surface area (Å²) in [6, 6.07) is 14.8. The van der Waals surface area contributed by atoms with Crippen LogP contribution in [0.25, 0.3) is 0 Å². The predicted molar refractivity (Wildman–Crippen MR) is 77.9 cm³/mol. The zero-order chi connectivity index (χ0) is 13.7. The largest absolute Gasteiger partial charge is 0.310 e. The maximum Gasteiger partial charge on any atom is 0.126 e. The summed E-state index contributed by atoms with van der Waals surface area (Å²) in [7, 11) is 0. The Balaban J connectivity index is 1.88. The highest BCUT2D eigenvalue weighted by atomic mass is 35.5. The Labute approximate surface area is 118 Å². The number of halogens is 2. The lowest BCUT2D eigenvalue weighted by molar-refractivity contribution is 0.526. The van der Waals surface area contributed by atoms with Crippen LogP contribution in [0.2, 0.25) is 5.02 Å². The summed E-state index contributed by atoms with van der Waals surface area (Å²) in [5, 5.41) is 4.11. The molecule has 0 saturated heterocycles. The van der Waals surface area contributed by atoms with Crippen molar-refractivity contribution in [3.05, 3.63) is 70.5 Å². The van der Waals surface area contributed by atoms with Gasteiger partial charge in [0.05, 0.1) is 0 Å². The summed E-state index contributed by atoms with van der Waals surface area (Å²) in [5.41, 5.74) is 1.88. The van der Waals surface area contributed by atoms with E-state index in [0.29, 0.717) is 6.42 Å². The fourth-order valence-electron chi connectivity index (χ4n) is 2.00. The van der Waals surface area contributed by atoms with E-state index in [9.17, 15) is 4.39 Å². The quantitative estimate of drug-likeness (QED) is 0.864. The maximum atomic E-state index is 13.5. The third kappa shape index (κ3) is 4.34. The van der Waals surface area contributed by atoms with Crippen molar-refractivity contribution in [1.82, 2.24) is 5.32 Å². The van der Waals surface area contributed by atoms with Gasteiger partial charge in [-0.1, -0.05) is 41.9 Å². The molecule has 19 heavy (non-hydrogen) atoms. The fourth-order valence-corrected chi connectivity index (χ4v) is 2.22. The second kappa shape index (κ2) is 6.69. The van der Waals surface area contributed by atoms with E-state index in [-0.39, 0.29) is 11.9 Å². The van der Waals surface area contributed by atoms with Crippen LogP contribution in [0.3, 0.4) is 0 Å². The van der Waals surface area contributed by atoms with Crippen molar-refractivity contribution in [1.29, 1.82) is 0 Å². The van der Waals surface area contributed by atoms with E-state index in [0.717, 1.165) is 22.7 Å². The third-order valence-electron chi connectivity index (χ3n) is 3.03. The Bertz CT molecular complexity index is 542. The van der Waals surface area contributed by atoms with Crippen LogP contribution in [-0.2, 0) is 13.0 Å². The van der Waals surface area contributed by atoms with Crippen molar-refractivity contribution in [2.75, 3.05) is 0 Å². The first kappa shape index (κ1) is 14.0. The highest BCUT2D eigenvalue weighted by Crippen LogP contribution is 2.12. The van der Waals surface area contributed by atoms with Gasteiger partial charge in [0.2, 0.25) is 0 Å². The molecule has 1 N–H and O–H groups in total. The summed E-state index contributed by atoms with van der Waals surface area (Å²) in [4.78, 5) is 0. The summed E-state index contributed by atoms with van der Waals surface area (Å²) < 4.78 is 13.5. The lowest BCUT2D eigenvalue weighted by Crippen LogP contribution is -2.27. The summed E-state index contributed by atoms with van der Waals surface area (Å²) in [6.45, 7) is 2.78. The van der Waals surface area contributed by atoms with Crippen LogP contribution in [0.15, 0.2) is 48.5 Å². The molecule has 0 spiro atoms. The van der Waals surface area contributed by atoms with Gasteiger partial charge in [0.1, 0.15) is 5.82 Å². The first-order chi connectivity index (χ1) is 9.15. The minimum atomic E-state index is -0.140. The Morgan fingerprint density at radius 2 is 1.95 bits per heavy atom. The molecule has 2 aromatic rings. The number of hydrogen-bond acceptors (Lipinski definition) is 1. The van der Waals surface area contributed by atoms with Crippen LogP contribution < -0.4 is 5.32 Å². The molecule has 0 aliphatic rings. The molecule has 1 atom stereocenters. The van der Waals surface area contributed by atoms with Crippen molar-refractivity contribution in [2.24, 2.45) is 0 Å². The van der Waals surface area contributed by atoms with Gasteiger partial charge in [0.15, 0.2) is 0 Å². The monoisotopic (exact) mass is 277 g/mol. The maximum absolute atomic E-state index is 13.5. The standard InChI is InChI=1S/C16H17ClFN/c1-12(9-14-6-2-3-8-16(14)18)19-11-13-5-4-7-15(17)10-13/h2-8,10,12,19H,9,11H2,1H3. The van der Waals surface area contributed by atoms with Crippen molar-refractivity contribution < 1.29 is 4.39 Å². The first-order valence-corrected chi connectivity index (χ1v) is 6.74.